The minimum absolute atomic E-state index is 0.0324. The number of nitrogens with zero attached hydrogens (tertiary/aromatic N) is 3. The van der Waals surface area contributed by atoms with Gasteiger partial charge in [-0.15, -0.1) is 0 Å². The van der Waals surface area contributed by atoms with Crippen LogP contribution in [0.15, 0.2) is 18.2 Å². The van der Waals surface area contributed by atoms with Gasteiger partial charge in [-0.1, -0.05) is 6.92 Å². The third kappa shape index (κ3) is 3.54. The Kier molecular flexibility index (Phi) is 5.32. The maximum Gasteiger partial charge on any atom is 0.293 e. The monoisotopic (exact) mass is 307 g/mol. The van der Waals surface area contributed by atoms with Crippen molar-refractivity contribution in [2.75, 3.05) is 44.8 Å². The number of nitro groups is 1. The highest BCUT2D eigenvalue weighted by Crippen LogP contribution is 2.29. The van der Waals surface area contributed by atoms with Crippen molar-refractivity contribution in [2.24, 2.45) is 0 Å². The van der Waals surface area contributed by atoms with E-state index in [0.29, 0.717) is 37.6 Å². The van der Waals surface area contributed by atoms with Crippen molar-refractivity contribution in [1.82, 2.24) is 4.90 Å². The Balaban J connectivity index is 2.28. The molecule has 1 amide bonds. The van der Waals surface area contributed by atoms with Crippen LogP contribution in [0.5, 0.6) is 0 Å². The number of ether oxygens (including phenoxy) is 1. The summed E-state index contributed by atoms with van der Waals surface area (Å²) in [4.78, 5) is 26.8. The maximum absolute atomic E-state index is 12.4. The van der Waals surface area contributed by atoms with Gasteiger partial charge in [-0.2, -0.15) is 0 Å². The van der Waals surface area contributed by atoms with E-state index >= 15 is 0 Å². The lowest BCUT2D eigenvalue weighted by molar-refractivity contribution is -0.384. The van der Waals surface area contributed by atoms with Crippen LogP contribution >= 0.6 is 0 Å². The van der Waals surface area contributed by atoms with Crippen LogP contribution in [-0.2, 0) is 4.74 Å². The molecule has 1 aliphatic heterocycles. The molecule has 0 aromatic heterocycles. The van der Waals surface area contributed by atoms with Crippen molar-refractivity contribution in [3.8, 4) is 0 Å². The summed E-state index contributed by atoms with van der Waals surface area (Å²) in [6.45, 7) is 4.78. The minimum Gasteiger partial charge on any atom is -0.378 e. The Morgan fingerprint density at radius 1 is 1.41 bits per heavy atom. The van der Waals surface area contributed by atoms with E-state index in [1.807, 2.05) is 18.9 Å². The van der Waals surface area contributed by atoms with E-state index in [2.05, 4.69) is 0 Å². The van der Waals surface area contributed by atoms with Crippen LogP contribution < -0.4 is 4.90 Å². The zero-order valence-corrected chi connectivity index (χ0v) is 12.9. The van der Waals surface area contributed by atoms with Gasteiger partial charge in [0.1, 0.15) is 5.69 Å². The lowest BCUT2D eigenvalue weighted by Gasteiger charge is -2.27. The predicted molar refractivity (Wildman–Crippen MR) is 83.4 cm³/mol. The first kappa shape index (κ1) is 16.2. The summed E-state index contributed by atoms with van der Waals surface area (Å²) >= 11 is 0. The summed E-state index contributed by atoms with van der Waals surface area (Å²) in [6, 6.07) is 4.69. The Morgan fingerprint density at radius 3 is 2.68 bits per heavy atom. The molecule has 22 heavy (non-hydrogen) atoms. The molecule has 0 bridgehead atoms. The molecule has 2 rings (SSSR count). The molecule has 0 saturated carbocycles. The Labute approximate surface area is 129 Å². The number of carbonyl (C=O) groups is 1. The van der Waals surface area contributed by atoms with Crippen molar-refractivity contribution in [3.63, 3.8) is 0 Å². The molecular weight excluding hydrogens is 286 g/mol. The van der Waals surface area contributed by atoms with Gasteiger partial charge in [-0.05, 0) is 18.6 Å². The summed E-state index contributed by atoms with van der Waals surface area (Å²) in [5, 5.41) is 11.3. The van der Waals surface area contributed by atoms with Gasteiger partial charge in [0.05, 0.1) is 18.1 Å². The molecule has 1 aromatic rings. The fourth-order valence-corrected chi connectivity index (χ4v) is 2.53. The van der Waals surface area contributed by atoms with Crippen molar-refractivity contribution in [2.45, 2.75) is 13.3 Å². The van der Waals surface area contributed by atoms with Crippen molar-refractivity contribution < 1.29 is 14.5 Å². The molecule has 7 nitrogen and oxygen atoms in total. The highest BCUT2D eigenvalue weighted by atomic mass is 16.6. The maximum atomic E-state index is 12.4. The normalized spacial score (nSPS) is 14.7. The lowest BCUT2D eigenvalue weighted by atomic mass is 10.1. The number of carbonyl (C=O) groups excluding carboxylic acids is 1. The van der Waals surface area contributed by atoms with E-state index in [1.54, 1.807) is 17.0 Å². The van der Waals surface area contributed by atoms with Crippen LogP contribution in [0, 0.1) is 10.1 Å². The Bertz CT molecular complexity index is 556. The molecule has 120 valence electrons. The van der Waals surface area contributed by atoms with Gasteiger partial charge in [0.25, 0.3) is 11.6 Å². The summed E-state index contributed by atoms with van der Waals surface area (Å²) in [7, 11) is 1.81. The van der Waals surface area contributed by atoms with Gasteiger partial charge in [0.2, 0.25) is 0 Å². The molecule has 7 heteroatoms. The van der Waals surface area contributed by atoms with E-state index in [1.165, 1.54) is 6.07 Å². The van der Waals surface area contributed by atoms with E-state index in [-0.39, 0.29) is 11.6 Å². The molecule has 0 unspecified atom stereocenters. The zero-order chi connectivity index (χ0) is 16.1. The second-order valence-electron chi connectivity index (χ2n) is 5.29. The fraction of sp³-hybridized carbons (Fsp3) is 0.533. The van der Waals surface area contributed by atoms with Crippen LogP contribution in [0.3, 0.4) is 0 Å². The molecule has 1 aliphatic rings. The number of amides is 1. The van der Waals surface area contributed by atoms with Crippen LogP contribution in [0.25, 0.3) is 0 Å². The first-order valence-corrected chi connectivity index (χ1v) is 7.41. The first-order valence-electron chi connectivity index (χ1n) is 7.41. The molecular formula is C15H21N3O4. The molecule has 0 atom stereocenters. The van der Waals surface area contributed by atoms with E-state index in [4.69, 9.17) is 4.74 Å². The van der Waals surface area contributed by atoms with Crippen LogP contribution in [0.4, 0.5) is 11.4 Å². The Morgan fingerprint density at radius 2 is 2.09 bits per heavy atom. The van der Waals surface area contributed by atoms with Crippen molar-refractivity contribution in [3.05, 3.63) is 33.9 Å². The first-order chi connectivity index (χ1) is 10.5. The number of nitro benzene ring substituents is 1. The summed E-state index contributed by atoms with van der Waals surface area (Å²) in [6.07, 6.45) is 0.891. The van der Waals surface area contributed by atoms with Gasteiger partial charge < -0.3 is 14.5 Å². The van der Waals surface area contributed by atoms with Crippen LogP contribution in [-0.4, -0.2) is 55.6 Å². The largest absolute Gasteiger partial charge is 0.378 e. The Hall–Kier alpha value is -2.15. The standard InChI is InChI=1S/C15H21N3O4/c1-3-6-16(2)13-5-4-12(11-14(13)18(20)21)15(19)17-7-9-22-10-8-17/h4-5,11H,3,6-10H2,1-2H3. The number of anilines is 1. The van der Waals surface area contributed by atoms with Gasteiger partial charge in [-0.25, -0.2) is 0 Å². The number of benzene rings is 1. The molecule has 0 N–H and O–H groups in total. The van der Waals surface area contributed by atoms with Gasteiger partial charge in [-0.3, -0.25) is 14.9 Å². The van der Waals surface area contributed by atoms with Crippen LogP contribution in [0.1, 0.15) is 23.7 Å². The highest BCUT2D eigenvalue weighted by Gasteiger charge is 2.23. The van der Waals surface area contributed by atoms with Gasteiger partial charge in [0, 0.05) is 38.3 Å². The van der Waals surface area contributed by atoms with Crippen molar-refractivity contribution >= 4 is 17.3 Å². The SMILES string of the molecule is CCCN(C)c1ccc(C(=O)N2CCOCC2)cc1[N+](=O)[O-]. The summed E-state index contributed by atoms with van der Waals surface area (Å²) in [5.41, 5.74) is 0.850. The molecule has 0 radical (unpaired) electrons. The topological polar surface area (TPSA) is 75.9 Å². The molecule has 1 aromatic carbocycles. The summed E-state index contributed by atoms with van der Waals surface area (Å²) < 4.78 is 5.22. The van der Waals surface area contributed by atoms with Crippen molar-refractivity contribution in [1.29, 1.82) is 0 Å². The quantitative estimate of drug-likeness (QED) is 0.613. The highest BCUT2D eigenvalue weighted by molar-refractivity contribution is 5.95. The molecule has 1 heterocycles. The third-order valence-electron chi connectivity index (χ3n) is 3.69. The second-order valence-corrected chi connectivity index (χ2v) is 5.29. The van der Waals surface area contributed by atoms with Crippen LogP contribution in [0.2, 0.25) is 0 Å². The smallest absolute Gasteiger partial charge is 0.293 e. The molecule has 1 saturated heterocycles. The van der Waals surface area contributed by atoms with E-state index in [0.717, 1.165) is 13.0 Å². The number of rotatable bonds is 5. The molecule has 1 fully saturated rings. The zero-order valence-electron chi connectivity index (χ0n) is 12.9. The minimum atomic E-state index is -0.433. The number of morpholine rings is 1. The third-order valence-corrected chi connectivity index (χ3v) is 3.69. The number of hydrogen-bond donors (Lipinski definition) is 0. The average molecular weight is 307 g/mol. The molecule has 0 aliphatic carbocycles. The lowest BCUT2D eigenvalue weighted by Crippen LogP contribution is -2.40. The van der Waals surface area contributed by atoms with Gasteiger partial charge >= 0.3 is 0 Å². The second kappa shape index (κ2) is 7.22. The molecule has 0 spiro atoms. The fourth-order valence-electron chi connectivity index (χ4n) is 2.53. The van der Waals surface area contributed by atoms with E-state index < -0.39 is 4.92 Å². The van der Waals surface area contributed by atoms with Gasteiger partial charge in [0.15, 0.2) is 0 Å². The number of hydrogen-bond acceptors (Lipinski definition) is 5. The predicted octanol–water partition coefficient (Wildman–Crippen LogP) is 1.91. The summed E-state index contributed by atoms with van der Waals surface area (Å²) in [5.74, 6) is -0.184. The average Bonchev–Trinajstić information content (AvgIpc) is 2.54. The van der Waals surface area contributed by atoms with E-state index in [9.17, 15) is 14.9 Å².